The van der Waals surface area contributed by atoms with Gasteiger partial charge in [-0.15, -0.1) is 0 Å². The number of hydrogen-bond donors (Lipinski definition) is 0. The SMILES string of the molecule is Cc1noc(CCS(C)=O)n1. The fourth-order valence-electron chi connectivity index (χ4n) is 0.673. The Hall–Kier alpha value is -0.710. The molecule has 1 atom stereocenters. The lowest BCUT2D eigenvalue weighted by Gasteiger charge is -1.88. The van der Waals surface area contributed by atoms with E-state index in [1.54, 1.807) is 13.2 Å². The summed E-state index contributed by atoms with van der Waals surface area (Å²) in [6.45, 7) is 1.76. The highest BCUT2D eigenvalue weighted by atomic mass is 32.2. The van der Waals surface area contributed by atoms with E-state index in [1.165, 1.54) is 0 Å². The summed E-state index contributed by atoms with van der Waals surface area (Å²) in [5.74, 6) is 1.78. The Morgan fingerprint density at radius 1 is 1.64 bits per heavy atom. The molecule has 0 aliphatic heterocycles. The molecule has 0 radical (unpaired) electrons. The van der Waals surface area contributed by atoms with E-state index in [0.29, 0.717) is 23.9 Å². The average Bonchev–Trinajstić information content (AvgIpc) is 2.31. The van der Waals surface area contributed by atoms with Crippen molar-refractivity contribution in [2.45, 2.75) is 13.3 Å². The van der Waals surface area contributed by atoms with Gasteiger partial charge in [-0.05, 0) is 6.92 Å². The van der Waals surface area contributed by atoms with E-state index < -0.39 is 10.8 Å². The van der Waals surface area contributed by atoms with Crippen molar-refractivity contribution in [3.63, 3.8) is 0 Å². The molecule has 11 heavy (non-hydrogen) atoms. The molecule has 1 aromatic heterocycles. The Labute approximate surface area is 67.5 Å². The summed E-state index contributed by atoms with van der Waals surface area (Å²) >= 11 is 0. The van der Waals surface area contributed by atoms with Gasteiger partial charge in [0.2, 0.25) is 5.89 Å². The van der Waals surface area contributed by atoms with Gasteiger partial charge in [-0.2, -0.15) is 4.98 Å². The van der Waals surface area contributed by atoms with Crippen LogP contribution in [0.5, 0.6) is 0 Å². The van der Waals surface area contributed by atoms with E-state index in [9.17, 15) is 4.21 Å². The second kappa shape index (κ2) is 3.61. The highest BCUT2D eigenvalue weighted by Crippen LogP contribution is 1.96. The van der Waals surface area contributed by atoms with Crippen molar-refractivity contribution in [3.05, 3.63) is 11.7 Å². The van der Waals surface area contributed by atoms with Crippen LogP contribution in [0.3, 0.4) is 0 Å². The van der Waals surface area contributed by atoms with E-state index in [2.05, 4.69) is 10.1 Å². The molecule has 0 aliphatic carbocycles. The third kappa shape index (κ3) is 2.80. The first-order valence-electron chi connectivity index (χ1n) is 3.27. The second-order valence-electron chi connectivity index (χ2n) is 2.26. The Kier molecular flexibility index (Phi) is 2.76. The first kappa shape index (κ1) is 8.39. The molecule has 1 aromatic rings. The van der Waals surface area contributed by atoms with Crippen LogP contribution in [0.4, 0.5) is 0 Å². The molecular weight excluding hydrogens is 164 g/mol. The zero-order valence-corrected chi connectivity index (χ0v) is 7.35. The van der Waals surface area contributed by atoms with Crippen molar-refractivity contribution < 1.29 is 8.73 Å². The first-order chi connectivity index (χ1) is 5.18. The van der Waals surface area contributed by atoms with Crippen LogP contribution in [0.1, 0.15) is 11.7 Å². The normalized spacial score (nSPS) is 13.3. The highest BCUT2D eigenvalue weighted by Gasteiger charge is 2.02. The summed E-state index contributed by atoms with van der Waals surface area (Å²) in [7, 11) is -0.785. The summed E-state index contributed by atoms with van der Waals surface area (Å²) in [6, 6.07) is 0. The molecule has 0 amide bonds. The highest BCUT2D eigenvalue weighted by molar-refractivity contribution is 7.84. The van der Waals surface area contributed by atoms with Gasteiger partial charge in [-0.25, -0.2) is 0 Å². The summed E-state index contributed by atoms with van der Waals surface area (Å²) < 4.78 is 15.5. The number of nitrogens with zero attached hydrogens (tertiary/aromatic N) is 2. The van der Waals surface area contributed by atoms with E-state index in [4.69, 9.17) is 4.52 Å². The lowest BCUT2D eigenvalue weighted by atomic mass is 10.5. The van der Waals surface area contributed by atoms with Gasteiger partial charge in [-0.1, -0.05) is 5.16 Å². The molecule has 0 spiro atoms. The quantitative estimate of drug-likeness (QED) is 0.661. The van der Waals surface area contributed by atoms with Gasteiger partial charge in [0.15, 0.2) is 5.82 Å². The Balaban J connectivity index is 2.45. The summed E-state index contributed by atoms with van der Waals surface area (Å²) in [6.07, 6.45) is 2.26. The number of hydrogen-bond acceptors (Lipinski definition) is 4. The fraction of sp³-hybridized carbons (Fsp3) is 0.667. The number of rotatable bonds is 3. The molecule has 0 saturated carbocycles. The molecule has 0 N–H and O–H groups in total. The van der Waals surface area contributed by atoms with Crippen molar-refractivity contribution in [2.24, 2.45) is 0 Å². The topological polar surface area (TPSA) is 56.0 Å². The Bertz CT molecular complexity index is 259. The average molecular weight is 174 g/mol. The second-order valence-corrected chi connectivity index (χ2v) is 3.82. The van der Waals surface area contributed by atoms with Crippen LogP contribution < -0.4 is 0 Å². The Morgan fingerprint density at radius 2 is 2.36 bits per heavy atom. The lowest BCUT2D eigenvalue weighted by molar-refractivity contribution is 0.379. The van der Waals surface area contributed by atoms with Crippen LogP contribution in [0, 0.1) is 6.92 Å². The molecule has 0 bridgehead atoms. The van der Waals surface area contributed by atoms with E-state index in [-0.39, 0.29) is 0 Å². The minimum Gasteiger partial charge on any atom is -0.339 e. The molecule has 1 heterocycles. The lowest BCUT2D eigenvalue weighted by Crippen LogP contribution is -1.98. The minimum absolute atomic E-state index is 0.567. The van der Waals surface area contributed by atoms with Crippen LogP contribution in [0.15, 0.2) is 4.52 Å². The minimum atomic E-state index is -0.785. The van der Waals surface area contributed by atoms with Crippen molar-refractivity contribution in [3.8, 4) is 0 Å². The van der Waals surface area contributed by atoms with Crippen LogP contribution in [0.25, 0.3) is 0 Å². The molecule has 0 aromatic carbocycles. The molecular formula is C6H10N2O2S. The largest absolute Gasteiger partial charge is 0.339 e. The van der Waals surface area contributed by atoms with Gasteiger partial charge in [0.1, 0.15) is 0 Å². The molecule has 5 heteroatoms. The van der Waals surface area contributed by atoms with E-state index in [1.807, 2.05) is 0 Å². The summed E-state index contributed by atoms with van der Waals surface area (Å²) in [5, 5.41) is 3.61. The zero-order chi connectivity index (χ0) is 8.27. The smallest absolute Gasteiger partial charge is 0.227 e. The van der Waals surface area contributed by atoms with Crippen LogP contribution in [-0.4, -0.2) is 26.4 Å². The predicted molar refractivity (Wildman–Crippen MR) is 41.7 cm³/mol. The van der Waals surface area contributed by atoms with Gasteiger partial charge < -0.3 is 4.52 Å². The van der Waals surface area contributed by atoms with Crippen LogP contribution in [-0.2, 0) is 17.2 Å². The first-order valence-corrected chi connectivity index (χ1v) is 5.00. The molecule has 1 unspecified atom stereocenters. The van der Waals surface area contributed by atoms with Crippen molar-refractivity contribution in [1.29, 1.82) is 0 Å². The monoisotopic (exact) mass is 174 g/mol. The predicted octanol–water partition coefficient (Wildman–Crippen LogP) is 0.299. The zero-order valence-electron chi connectivity index (χ0n) is 6.53. The standard InChI is InChI=1S/C6H10N2O2S/c1-5-7-6(10-8-5)3-4-11(2)9/h3-4H2,1-2H3. The fourth-order valence-corrected chi connectivity index (χ4v) is 1.13. The molecule has 0 saturated heterocycles. The van der Waals surface area contributed by atoms with Gasteiger partial charge in [0.05, 0.1) is 0 Å². The van der Waals surface area contributed by atoms with Gasteiger partial charge in [0, 0.05) is 29.2 Å². The van der Waals surface area contributed by atoms with E-state index in [0.717, 1.165) is 0 Å². The number of aryl methyl sites for hydroxylation is 2. The van der Waals surface area contributed by atoms with Crippen molar-refractivity contribution in [2.75, 3.05) is 12.0 Å². The third-order valence-corrected chi connectivity index (χ3v) is 1.95. The van der Waals surface area contributed by atoms with Crippen molar-refractivity contribution in [1.82, 2.24) is 10.1 Å². The van der Waals surface area contributed by atoms with Gasteiger partial charge in [0.25, 0.3) is 0 Å². The van der Waals surface area contributed by atoms with Gasteiger partial charge in [-0.3, -0.25) is 4.21 Å². The van der Waals surface area contributed by atoms with Crippen molar-refractivity contribution >= 4 is 10.8 Å². The third-order valence-electron chi connectivity index (χ3n) is 1.17. The molecule has 62 valence electrons. The Morgan fingerprint density at radius 3 is 2.82 bits per heavy atom. The summed E-state index contributed by atoms with van der Waals surface area (Å²) in [5.41, 5.74) is 0. The van der Waals surface area contributed by atoms with Crippen LogP contribution in [0.2, 0.25) is 0 Å². The number of aromatic nitrogens is 2. The summed E-state index contributed by atoms with van der Waals surface area (Å²) in [4.78, 5) is 3.97. The molecule has 1 rings (SSSR count). The van der Waals surface area contributed by atoms with Gasteiger partial charge >= 0.3 is 0 Å². The maximum atomic E-state index is 10.6. The van der Waals surface area contributed by atoms with Crippen LogP contribution >= 0.6 is 0 Å². The molecule has 0 aliphatic rings. The maximum Gasteiger partial charge on any atom is 0.227 e. The molecule has 0 fully saturated rings. The van der Waals surface area contributed by atoms with E-state index >= 15 is 0 Å². The maximum absolute atomic E-state index is 10.6. The molecule has 4 nitrogen and oxygen atoms in total.